The predicted molar refractivity (Wildman–Crippen MR) is 76.6 cm³/mol. The van der Waals surface area contributed by atoms with Crippen LogP contribution in [0.15, 0.2) is 30.3 Å². The Labute approximate surface area is 124 Å². The average Bonchev–Trinajstić information content (AvgIpc) is 2.35. The summed E-state index contributed by atoms with van der Waals surface area (Å²) in [4.78, 5) is 0. The summed E-state index contributed by atoms with van der Waals surface area (Å²) >= 11 is 23.8. The van der Waals surface area contributed by atoms with Crippen molar-refractivity contribution in [1.82, 2.24) is 0 Å². The Hall–Kier alpha value is -0.910. The van der Waals surface area contributed by atoms with Crippen molar-refractivity contribution in [2.75, 3.05) is 0 Å². The molecule has 2 rings (SSSR count). The second-order valence-corrected chi connectivity index (χ2v) is 5.16. The Kier molecular flexibility index (Phi) is 4.04. The molecule has 0 bridgehead atoms. The lowest BCUT2D eigenvalue weighted by atomic mass is 10.0. The summed E-state index contributed by atoms with van der Waals surface area (Å²) in [5, 5.41) is 10.3. The highest BCUT2D eigenvalue weighted by Crippen LogP contribution is 2.35. The lowest BCUT2D eigenvalue weighted by Gasteiger charge is -2.06. The molecule has 5 heteroatoms. The molecule has 1 nitrogen and oxygen atoms in total. The smallest absolute Gasteiger partial charge is 0.101 e. The minimum atomic E-state index is 0.321. The minimum absolute atomic E-state index is 0.321. The number of nitriles is 1. The zero-order valence-corrected chi connectivity index (χ0v) is 11.9. The molecular formula is C13H5Cl4N. The molecule has 0 atom stereocenters. The first-order chi connectivity index (χ1) is 8.52. The molecule has 0 unspecified atom stereocenters. The summed E-state index contributed by atoms with van der Waals surface area (Å²) in [6.07, 6.45) is 0. The molecule has 0 saturated heterocycles. The topological polar surface area (TPSA) is 23.8 Å². The quantitative estimate of drug-likeness (QED) is 0.606. The van der Waals surface area contributed by atoms with Crippen LogP contribution in [0.5, 0.6) is 0 Å². The van der Waals surface area contributed by atoms with Crippen molar-refractivity contribution in [3.63, 3.8) is 0 Å². The van der Waals surface area contributed by atoms with Gasteiger partial charge in [0.25, 0.3) is 0 Å². The number of benzene rings is 2. The Morgan fingerprint density at radius 2 is 1.33 bits per heavy atom. The molecule has 90 valence electrons. The molecule has 0 fully saturated rings. The Morgan fingerprint density at radius 1 is 0.778 bits per heavy atom. The van der Waals surface area contributed by atoms with E-state index in [1.807, 2.05) is 6.07 Å². The third-order valence-corrected chi connectivity index (χ3v) is 3.92. The molecule has 2 aromatic rings. The summed E-state index contributed by atoms with van der Waals surface area (Å²) in [5.41, 5.74) is 2.03. The van der Waals surface area contributed by atoms with E-state index in [9.17, 15) is 0 Å². The number of rotatable bonds is 1. The first-order valence-corrected chi connectivity index (χ1v) is 6.38. The van der Waals surface area contributed by atoms with Crippen LogP contribution >= 0.6 is 46.4 Å². The van der Waals surface area contributed by atoms with Gasteiger partial charge in [0, 0.05) is 0 Å². The fraction of sp³-hybridized carbons (Fsp3) is 0. The van der Waals surface area contributed by atoms with E-state index in [0.29, 0.717) is 25.7 Å². The van der Waals surface area contributed by atoms with Crippen LogP contribution in [0.2, 0.25) is 20.1 Å². The maximum Gasteiger partial charge on any atom is 0.101 e. The maximum atomic E-state index is 8.81. The van der Waals surface area contributed by atoms with Gasteiger partial charge in [-0.25, -0.2) is 0 Å². The van der Waals surface area contributed by atoms with E-state index < -0.39 is 0 Å². The number of nitrogens with zero attached hydrogens (tertiary/aromatic N) is 1. The molecular weight excluding hydrogens is 312 g/mol. The Morgan fingerprint density at radius 3 is 1.83 bits per heavy atom. The normalized spacial score (nSPS) is 10.2. The van der Waals surface area contributed by atoms with Crippen LogP contribution < -0.4 is 0 Å². The Bertz CT molecular complexity index is 636. The third kappa shape index (κ3) is 2.58. The van der Waals surface area contributed by atoms with Crippen molar-refractivity contribution in [2.45, 2.75) is 0 Å². The summed E-state index contributed by atoms with van der Waals surface area (Å²) in [5.74, 6) is 0. The highest BCUT2D eigenvalue weighted by Gasteiger charge is 2.09. The largest absolute Gasteiger partial charge is 0.192 e. The van der Waals surface area contributed by atoms with Crippen molar-refractivity contribution in [3.8, 4) is 17.2 Å². The SMILES string of the molecule is N#Cc1ccc(-c2cc(Cl)c(Cl)c(Cl)c2)cc1Cl. The first kappa shape index (κ1) is 13.5. The maximum absolute atomic E-state index is 8.81. The van der Waals surface area contributed by atoms with E-state index in [-0.39, 0.29) is 0 Å². The lowest BCUT2D eigenvalue weighted by molar-refractivity contribution is 1.48. The second kappa shape index (κ2) is 5.38. The summed E-state index contributed by atoms with van der Waals surface area (Å²) < 4.78 is 0. The van der Waals surface area contributed by atoms with Crippen LogP contribution in [0, 0.1) is 11.3 Å². The van der Waals surface area contributed by atoms with Crippen LogP contribution in [0.3, 0.4) is 0 Å². The van der Waals surface area contributed by atoms with Gasteiger partial charge in [-0.2, -0.15) is 5.26 Å². The van der Waals surface area contributed by atoms with E-state index in [1.165, 1.54) is 0 Å². The molecule has 0 aromatic heterocycles. The predicted octanol–water partition coefficient (Wildman–Crippen LogP) is 5.84. The number of hydrogen-bond donors (Lipinski definition) is 0. The number of halogens is 4. The van der Waals surface area contributed by atoms with E-state index in [0.717, 1.165) is 11.1 Å². The average molecular weight is 317 g/mol. The molecule has 0 saturated carbocycles. The summed E-state index contributed by atoms with van der Waals surface area (Å²) in [7, 11) is 0. The van der Waals surface area contributed by atoms with Gasteiger partial charge in [0.1, 0.15) is 6.07 Å². The fourth-order valence-electron chi connectivity index (χ4n) is 1.51. The van der Waals surface area contributed by atoms with Gasteiger partial charge in [-0.05, 0) is 35.4 Å². The molecule has 0 spiro atoms. The molecule has 18 heavy (non-hydrogen) atoms. The Balaban J connectivity index is 2.56. The zero-order chi connectivity index (χ0) is 13.3. The van der Waals surface area contributed by atoms with E-state index in [4.69, 9.17) is 51.7 Å². The van der Waals surface area contributed by atoms with Crippen molar-refractivity contribution < 1.29 is 0 Å². The molecule has 0 aliphatic heterocycles. The zero-order valence-electron chi connectivity index (χ0n) is 8.85. The van der Waals surface area contributed by atoms with Crippen molar-refractivity contribution in [3.05, 3.63) is 56.0 Å². The first-order valence-electron chi connectivity index (χ1n) is 4.87. The van der Waals surface area contributed by atoms with Crippen molar-refractivity contribution in [2.24, 2.45) is 0 Å². The van der Waals surface area contributed by atoms with E-state index >= 15 is 0 Å². The highest BCUT2D eigenvalue weighted by atomic mass is 35.5. The van der Waals surface area contributed by atoms with Gasteiger partial charge in [0.05, 0.1) is 25.7 Å². The summed E-state index contributed by atoms with van der Waals surface area (Å²) in [6, 6.07) is 10.5. The third-order valence-electron chi connectivity index (χ3n) is 2.41. The molecule has 0 N–H and O–H groups in total. The van der Waals surface area contributed by atoms with E-state index in [1.54, 1.807) is 30.3 Å². The van der Waals surface area contributed by atoms with Gasteiger partial charge < -0.3 is 0 Å². The van der Waals surface area contributed by atoms with Crippen LogP contribution in [0.25, 0.3) is 11.1 Å². The van der Waals surface area contributed by atoms with Crippen molar-refractivity contribution in [1.29, 1.82) is 5.26 Å². The van der Waals surface area contributed by atoms with Crippen LogP contribution in [0.1, 0.15) is 5.56 Å². The molecule has 0 aliphatic rings. The molecule has 0 radical (unpaired) electrons. The van der Waals surface area contributed by atoms with Gasteiger partial charge in [0.15, 0.2) is 0 Å². The lowest BCUT2D eigenvalue weighted by Crippen LogP contribution is -1.83. The van der Waals surface area contributed by atoms with Gasteiger partial charge in [-0.15, -0.1) is 0 Å². The fourth-order valence-corrected chi connectivity index (χ4v) is 2.33. The van der Waals surface area contributed by atoms with Gasteiger partial charge in [0.2, 0.25) is 0 Å². The number of hydrogen-bond acceptors (Lipinski definition) is 1. The monoisotopic (exact) mass is 315 g/mol. The minimum Gasteiger partial charge on any atom is -0.192 e. The summed E-state index contributed by atoms with van der Waals surface area (Å²) in [6.45, 7) is 0. The second-order valence-electron chi connectivity index (χ2n) is 3.56. The molecule has 0 heterocycles. The standard InChI is InChI=1S/C13H5Cl4N/c14-10-3-7(1-2-8(10)6-18)9-4-11(15)13(17)12(16)5-9/h1-5H. The molecule has 2 aromatic carbocycles. The highest BCUT2D eigenvalue weighted by molar-refractivity contribution is 6.48. The molecule has 0 amide bonds. The van der Waals surface area contributed by atoms with Gasteiger partial charge >= 0.3 is 0 Å². The molecule has 0 aliphatic carbocycles. The van der Waals surface area contributed by atoms with E-state index in [2.05, 4.69) is 0 Å². The van der Waals surface area contributed by atoms with Crippen LogP contribution in [-0.2, 0) is 0 Å². The van der Waals surface area contributed by atoms with Crippen molar-refractivity contribution >= 4 is 46.4 Å². The van der Waals surface area contributed by atoms with Gasteiger partial charge in [-0.1, -0.05) is 52.5 Å². The van der Waals surface area contributed by atoms with Crippen LogP contribution in [0.4, 0.5) is 0 Å². The van der Waals surface area contributed by atoms with Crippen LogP contribution in [-0.4, -0.2) is 0 Å². The van der Waals surface area contributed by atoms with Gasteiger partial charge in [-0.3, -0.25) is 0 Å².